The minimum absolute atomic E-state index is 0.0668. The Bertz CT molecular complexity index is 1850. The summed E-state index contributed by atoms with van der Waals surface area (Å²) in [4.78, 5) is 19.7. The molecule has 1 aliphatic rings. The molecule has 1 heterocycles. The number of halogens is 2. The van der Waals surface area contributed by atoms with Gasteiger partial charge in [0.25, 0.3) is 5.91 Å². The van der Waals surface area contributed by atoms with Crippen LogP contribution in [0.5, 0.6) is 5.75 Å². The molecule has 5 aromatic carbocycles. The van der Waals surface area contributed by atoms with Crippen LogP contribution >= 0.6 is 27.5 Å². The summed E-state index contributed by atoms with van der Waals surface area (Å²) in [5, 5.41) is 13.0. The van der Waals surface area contributed by atoms with Gasteiger partial charge in [-0.3, -0.25) is 4.79 Å². The Morgan fingerprint density at radius 2 is 1.52 bits per heavy atom. The second kappa shape index (κ2) is 15.6. The summed E-state index contributed by atoms with van der Waals surface area (Å²) in [7, 11) is 0. The Hall–Kier alpha value is -4.43. The predicted molar refractivity (Wildman–Crippen MR) is 195 cm³/mol. The van der Waals surface area contributed by atoms with E-state index >= 15 is 0 Å². The van der Waals surface area contributed by atoms with E-state index in [0.29, 0.717) is 49.1 Å². The van der Waals surface area contributed by atoms with Crippen LogP contribution in [0.15, 0.2) is 137 Å². The number of amides is 1. The third kappa shape index (κ3) is 7.81. The molecule has 0 unspecified atom stereocenters. The number of nitrogens with zero attached hydrogens (tertiary/aromatic N) is 1. The second-order valence-electron chi connectivity index (χ2n) is 11.7. The van der Waals surface area contributed by atoms with E-state index in [1.54, 1.807) is 0 Å². The number of aliphatic imine (C=N–C) groups is 1. The van der Waals surface area contributed by atoms with Crippen LogP contribution in [-0.2, 0) is 22.4 Å². The lowest BCUT2D eigenvalue weighted by molar-refractivity contribution is -0.128. The smallest absolute Gasteiger partial charge is 0.252 e. The summed E-state index contributed by atoms with van der Waals surface area (Å²) in [6.45, 7) is 0.866. The average molecular weight is 724 g/mol. The molecule has 0 saturated heterocycles. The number of benzene rings is 5. The minimum Gasteiger partial charge on any atom is -0.494 e. The van der Waals surface area contributed by atoms with Crippen molar-refractivity contribution in [2.75, 3.05) is 19.8 Å². The monoisotopic (exact) mass is 722 g/mol. The van der Waals surface area contributed by atoms with Crippen LogP contribution < -0.4 is 10.1 Å². The molecule has 8 heteroatoms. The maximum absolute atomic E-state index is 14.6. The van der Waals surface area contributed by atoms with Crippen LogP contribution in [0.4, 0.5) is 0 Å². The molecule has 5 aromatic rings. The quantitative estimate of drug-likeness (QED) is 0.120. The highest BCUT2D eigenvalue weighted by molar-refractivity contribution is 9.10. The lowest BCUT2D eigenvalue weighted by Crippen LogP contribution is -2.50. The fourth-order valence-electron chi connectivity index (χ4n) is 5.84. The third-order valence-electron chi connectivity index (χ3n) is 8.38. The van der Waals surface area contributed by atoms with Crippen LogP contribution in [0.1, 0.15) is 34.8 Å². The largest absolute Gasteiger partial charge is 0.494 e. The first-order valence-corrected chi connectivity index (χ1v) is 17.1. The van der Waals surface area contributed by atoms with Crippen LogP contribution in [0.2, 0.25) is 5.02 Å². The van der Waals surface area contributed by atoms with Gasteiger partial charge in [-0.1, -0.05) is 112 Å². The third-order valence-corrected chi connectivity index (χ3v) is 9.27. The van der Waals surface area contributed by atoms with E-state index in [1.807, 2.05) is 103 Å². The fraction of sp³-hybridized carbons (Fsp3) is 0.200. The summed E-state index contributed by atoms with van der Waals surface area (Å²) in [6.07, 6.45) is 0.731. The van der Waals surface area contributed by atoms with Crippen molar-refractivity contribution >= 4 is 39.3 Å². The molecule has 0 saturated carbocycles. The molecular formula is C40H36BrClN2O4. The number of carbonyl (C=O) groups is 1. The Kier molecular flexibility index (Phi) is 10.9. The number of ether oxygens (including phenoxy) is 2. The maximum Gasteiger partial charge on any atom is 0.252 e. The highest BCUT2D eigenvalue weighted by atomic mass is 79.9. The van der Waals surface area contributed by atoms with Gasteiger partial charge in [-0.15, -0.1) is 0 Å². The first-order chi connectivity index (χ1) is 23.4. The zero-order valence-corrected chi connectivity index (χ0v) is 28.7. The van der Waals surface area contributed by atoms with Crippen molar-refractivity contribution in [3.8, 4) is 16.9 Å². The van der Waals surface area contributed by atoms with Crippen molar-refractivity contribution in [2.24, 2.45) is 4.99 Å². The summed E-state index contributed by atoms with van der Waals surface area (Å²) < 4.78 is 13.4. The molecule has 244 valence electrons. The highest BCUT2D eigenvalue weighted by Crippen LogP contribution is 2.43. The molecule has 0 aromatic heterocycles. The van der Waals surface area contributed by atoms with Crippen LogP contribution in [0.25, 0.3) is 11.1 Å². The van der Waals surface area contributed by atoms with Gasteiger partial charge < -0.3 is 19.9 Å². The summed E-state index contributed by atoms with van der Waals surface area (Å²) in [6, 6.07) is 41.4. The molecular weight excluding hydrogens is 688 g/mol. The van der Waals surface area contributed by atoms with Crippen molar-refractivity contribution in [3.63, 3.8) is 0 Å². The minimum atomic E-state index is -1.31. The molecule has 6 nitrogen and oxygen atoms in total. The second-order valence-corrected chi connectivity index (χ2v) is 13.0. The molecule has 1 aliphatic heterocycles. The van der Waals surface area contributed by atoms with Gasteiger partial charge in [-0.25, -0.2) is 4.99 Å². The zero-order valence-electron chi connectivity index (χ0n) is 26.3. The first-order valence-electron chi connectivity index (χ1n) is 16.0. The summed E-state index contributed by atoms with van der Waals surface area (Å²) >= 11 is 9.97. The normalized spacial score (nSPS) is 17.0. The van der Waals surface area contributed by atoms with E-state index in [0.717, 1.165) is 37.9 Å². The molecule has 2 N–H and O–H groups in total. The number of aliphatic hydroxyl groups is 1. The van der Waals surface area contributed by atoms with Crippen molar-refractivity contribution in [1.29, 1.82) is 0 Å². The zero-order chi connectivity index (χ0) is 33.3. The van der Waals surface area contributed by atoms with E-state index in [9.17, 15) is 4.79 Å². The Morgan fingerprint density at radius 3 is 2.23 bits per heavy atom. The molecule has 0 aliphatic carbocycles. The van der Waals surface area contributed by atoms with Gasteiger partial charge in [-0.2, -0.15) is 0 Å². The Labute approximate surface area is 294 Å². The fourth-order valence-corrected chi connectivity index (χ4v) is 6.34. The van der Waals surface area contributed by atoms with Gasteiger partial charge in [0.15, 0.2) is 11.6 Å². The van der Waals surface area contributed by atoms with E-state index in [1.165, 1.54) is 0 Å². The Morgan fingerprint density at radius 1 is 0.854 bits per heavy atom. The highest BCUT2D eigenvalue weighted by Gasteiger charge is 2.53. The number of aliphatic hydroxyl groups excluding tert-OH is 1. The number of carbonyl (C=O) groups excluding carboxylic acids is 1. The van der Waals surface area contributed by atoms with Crippen molar-refractivity contribution < 1.29 is 19.4 Å². The van der Waals surface area contributed by atoms with Gasteiger partial charge in [0.05, 0.1) is 6.61 Å². The summed E-state index contributed by atoms with van der Waals surface area (Å²) in [5.41, 5.74) is 4.35. The molecule has 48 heavy (non-hydrogen) atoms. The van der Waals surface area contributed by atoms with Crippen LogP contribution in [-0.4, -0.2) is 42.2 Å². The molecule has 0 fully saturated rings. The van der Waals surface area contributed by atoms with Gasteiger partial charge in [0.1, 0.15) is 5.75 Å². The first kappa shape index (κ1) is 33.5. The number of rotatable bonds is 13. The maximum atomic E-state index is 14.6. The van der Waals surface area contributed by atoms with E-state index in [2.05, 4.69) is 45.5 Å². The molecule has 2 atom stereocenters. The molecule has 0 radical (unpaired) electrons. The lowest BCUT2D eigenvalue weighted by Gasteiger charge is -2.31. The van der Waals surface area contributed by atoms with Crippen LogP contribution in [0, 0.1) is 0 Å². The molecule has 1 amide bonds. The van der Waals surface area contributed by atoms with Crippen molar-refractivity contribution in [1.82, 2.24) is 5.32 Å². The van der Waals surface area contributed by atoms with Gasteiger partial charge in [0.2, 0.25) is 5.90 Å². The SMILES string of the molecule is O=C(NCCc1ccccc1Cl)[C@]1(Cc2ccc(Br)cc2)N=C(c2ccc(OCCCO)cc2)O[C@@H]1c1ccc(-c2ccccc2)cc1. The Balaban J connectivity index is 1.38. The van der Waals surface area contributed by atoms with Gasteiger partial charge >= 0.3 is 0 Å². The average Bonchev–Trinajstić information content (AvgIpc) is 3.51. The van der Waals surface area contributed by atoms with Gasteiger partial charge in [-0.05, 0) is 76.7 Å². The molecule has 0 spiro atoms. The number of hydrogen-bond acceptors (Lipinski definition) is 5. The van der Waals surface area contributed by atoms with Crippen LogP contribution in [0.3, 0.4) is 0 Å². The predicted octanol–water partition coefficient (Wildman–Crippen LogP) is 8.39. The van der Waals surface area contributed by atoms with Crippen molar-refractivity contribution in [3.05, 3.63) is 159 Å². The van der Waals surface area contributed by atoms with E-state index < -0.39 is 11.6 Å². The molecule has 6 rings (SSSR count). The van der Waals surface area contributed by atoms with E-state index in [-0.39, 0.29) is 12.5 Å². The van der Waals surface area contributed by atoms with E-state index in [4.69, 9.17) is 31.2 Å². The summed E-state index contributed by atoms with van der Waals surface area (Å²) in [5.74, 6) is 0.832. The lowest BCUT2D eigenvalue weighted by atomic mass is 9.81. The standard InChI is InChI=1S/C40H36BrClN2O4/c41-34-19-11-28(12-20-34)27-40(39(46)43-24-23-31-9-4-5-10-36(31)42)37(32-15-13-30(14-16-32)29-7-2-1-3-8-29)48-38(44-40)33-17-21-35(22-18-33)47-26-6-25-45/h1-5,7-22,37,45H,6,23-27H2,(H,43,46)/t37-,40-/m1/s1. The number of nitrogens with one attached hydrogen (secondary N) is 1. The van der Waals surface area contributed by atoms with Gasteiger partial charge in [0, 0.05) is 41.1 Å². The van der Waals surface area contributed by atoms with Crippen molar-refractivity contribution in [2.45, 2.75) is 30.9 Å². The topological polar surface area (TPSA) is 80.2 Å². The number of hydrogen-bond donors (Lipinski definition) is 2. The molecule has 0 bridgehead atoms.